The quantitative estimate of drug-likeness (QED) is 0.283. The highest BCUT2D eigenvalue weighted by molar-refractivity contribution is 5.87. The van der Waals surface area contributed by atoms with E-state index in [0.29, 0.717) is 5.56 Å². The Hall–Kier alpha value is -4.88. The van der Waals surface area contributed by atoms with Gasteiger partial charge in [-0.3, -0.25) is 4.98 Å². The summed E-state index contributed by atoms with van der Waals surface area (Å²) in [5.74, 6) is 1.66. The van der Waals surface area contributed by atoms with Crippen LogP contribution in [0.2, 0.25) is 0 Å². The van der Waals surface area contributed by atoms with Crippen LogP contribution < -0.4 is 9.64 Å². The third-order valence-electron chi connectivity index (χ3n) is 5.93. The Morgan fingerprint density at radius 3 is 1.94 bits per heavy atom. The first-order chi connectivity index (χ1) is 16.8. The molecule has 1 aromatic heterocycles. The Labute approximate surface area is 198 Å². The Balaban J connectivity index is 1.44. The summed E-state index contributed by atoms with van der Waals surface area (Å²) >= 11 is 0. The van der Waals surface area contributed by atoms with E-state index in [9.17, 15) is 5.26 Å². The Kier molecular flexibility index (Phi) is 4.79. The highest BCUT2D eigenvalue weighted by Gasteiger charge is 2.25. The van der Waals surface area contributed by atoms with E-state index < -0.39 is 0 Å². The molecule has 5 aromatic rings. The van der Waals surface area contributed by atoms with Gasteiger partial charge >= 0.3 is 0 Å². The van der Waals surface area contributed by atoms with E-state index in [0.717, 1.165) is 50.8 Å². The number of aromatic nitrogens is 1. The zero-order chi connectivity index (χ0) is 22.9. The van der Waals surface area contributed by atoms with E-state index in [-0.39, 0.29) is 0 Å². The maximum Gasteiger partial charge on any atom is 0.151 e. The van der Waals surface area contributed by atoms with E-state index in [1.165, 1.54) is 0 Å². The summed E-state index contributed by atoms with van der Waals surface area (Å²) in [6, 6.07) is 37.0. The SMILES string of the molecule is N#Cc1cncc(-c2cccc(-c3cccc(N4c5ccccc5Oc5ccccc54)c3)c2)c1. The monoisotopic (exact) mass is 437 g/mol. The van der Waals surface area contributed by atoms with Crippen LogP contribution in [0.1, 0.15) is 5.56 Å². The Morgan fingerprint density at radius 1 is 0.618 bits per heavy atom. The lowest BCUT2D eigenvalue weighted by Crippen LogP contribution is -2.15. The normalized spacial score (nSPS) is 11.7. The topological polar surface area (TPSA) is 49.2 Å². The molecule has 4 nitrogen and oxygen atoms in total. The Morgan fingerprint density at radius 2 is 1.24 bits per heavy atom. The van der Waals surface area contributed by atoms with E-state index in [1.54, 1.807) is 12.4 Å². The molecule has 6 rings (SSSR count). The van der Waals surface area contributed by atoms with Crippen molar-refractivity contribution in [1.82, 2.24) is 4.98 Å². The van der Waals surface area contributed by atoms with Gasteiger partial charge in [0.25, 0.3) is 0 Å². The van der Waals surface area contributed by atoms with Crippen molar-refractivity contribution in [3.05, 3.63) is 121 Å². The van der Waals surface area contributed by atoms with Gasteiger partial charge in [0.2, 0.25) is 0 Å². The predicted octanol–water partition coefficient (Wildman–Crippen LogP) is 7.86. The van der Waals surface area contributed by atoms with Crippen LogP contribution in [-0.2, 0) is 0 Å². The molecule has 0 fully saturated rings. The van der Waals surface area contributed by atoms with Crippen LogP contribution >= 0.6 is 0 Å². The first-order valence-corrected chi connectivity index (χ1v) is 11.0. The molecule has 0 aliphatic carbocycles. The van der Waals surface area contributed by atoms with Gasteiger partial charge in [0.05, 0.1) is 16.9 Å². The number of hydrogen-bond acceptors (Lipinski definition) is 4. The molecule has 2 heterocycles. The van der Waals surface area contributed by atoms with Crippen LogP contribution in [0.4, 0.5) is 17.1 Å². The number of benzene rings is 4. The molecule has 4 aromatic carbocycles. The van der Waals surface area contributed by atoms with Crippen molar-refractivity contribution < 1.29 is 4.74 Å². The van der Waals surface area contributed by atoms with Gasteiger partial charge in [-0.1, -0.05) is 54.6 Å². The summed E-state index contributed by atoms with van der Waals surface area (Å²) in [4.78, 5) is 6.45. The van der Waals surface area contributed by atoms with Crippen molar-refractivity contribution in [2.75, 3.05) is 4.90 Å². The highest BCUT2D eigenvalue weighted by atomic mass is 16.5. The summed E-state index contributed by atoms with van der Waals surface area (Å²) in [7, 11) is 0. The summed E-state index contributed by atoms with van der Waals surface area (Å²) in [6.45, 7) is 0. The van der Waals surface area contributed by atoms with Crippen molar-refractivity contribution >= 4 is 17.1 Å². The lowest BCUT2D eigenvalue weighted by molar-refractivity contribution is 0.477. The molecule has 0 unspecified atom stereocenters. The zero-order valence-electron chi connectivity index (χ0n) is 18.2. The minimum atomic E-state index is 0.551. The minimum absolute atomic E-state index is 0.551. The maximum absolute atomic E-state index is 9.23. The molecule has 0 saturated carbocycles. The van der Waals surface area contributed by atoms with Crippen molar-refractivity contribution in [2.45, 2.75) is 0 Å². The molecule has 160 valence electrons. The van der Waals surface area contributed by atoms with Crippen LogP contribution in [0.25, 0.3) is 22.3 Å². The first kappa shape index (κ1) is 19.8. The van der Waals surface area contributed by atoms with Crippen LogP contribution in [0.3, 0.4) is 0 Å². The number of ether oxygens (including phenoxy) is 1. The molecule has 0 radical (unpaired) electrons. The predicted molar refractivity (Wildman–Crippen MR) is 135 cm³/mol. The molecule has 1 aliphatic heterocycles. The lowest BCUT2D eigenvalue weighted by Gasteiger charge is -2.33. The number of nitriles is 1. The van der Waals surface area contributed by atoms with Gasteiger partial charge in [-0.15, -0.1) is 0 Å². The molecule has 0 saturated heterocycles. The van der Waals surface area contributed by atoms with Gasteiger partial charge in [0.15, 0.2) is 11.5 Å². The fourth-order valence-electron chi connectivity index (χ4n) is 4.34. The fourth-order valence-corrected chi connectivity index (χ4v) is 4.34. The van der Waals surface area contributed by atoms with Gasteiger partial charge in [-0.25, -0.2) is 0 Å². The lowest BCUT2D eigenvalue weighted by atomic mass is 9.98. The number of hydrogen-bond donors (Lipinski definition) is 0. The largest absolute Gasteiger partial charge is 0.453 e. The van der Waals surface area contributed by atoms with Gasteiger partial charge in [-0.05, 0) is 65.2 Å². The van der Waals surface area contributed by atoms with Crippen LogP contribution in [0, 0.1) is 11.3 Å². The second kappa shape index (κ2) is 8.23. The average Bonchev–Trinajstić information content (AvgIpc) is 2.92. The standard InChI is InChI=1S/C30H19N3O/c31-18-21-15-25(20-32-19-21)23-8-5-7-22(16-23)24-9-6-10-26(17-24)33-27-11-1-3-13-29(27)34-30-14-4-2-12-28(30)33/h1-17,19-20H. The molecule has 0 atom stereocenters. The molecule has 0 amide bonds. The van der Waals surface area contributed by atoms with Crippen LogP contribution in [0.15, 0.2) is 116 Å². The molecule has 0 N–H and O–H groups in total. The van der Waals surface area contributed by atoms with Crippen LogP contribution in [-0.4, -0.2) is 4.98 Å². The molecule has 4 heteroatoms. The second-order valence-electron chi connectivity index (χ2n) is 8.08. The molecule has 0 spiro atoms. The van der Waals surface area contributed by atoms with E-state index in [2.05, 4.69) is 64.5 Å². The Bertz CT molecular complexity index is 1520. The van der Waals surface area contributed by atoms with E-state index in [4.69, 9.17) is 4.74 Å². The summed E-state index contributed by atoms with van der Waals surface area (Å²) in [5.41, 5.74) is 7.76. The second-order valence-corrected chi connectivity index (χ2v) is 8.08. The zero-order valence-corrected chi connectivity index (χ0v) is 18.2. The summed E-state index contributed by atoms with van der Waals surface area (Å²) < 4.78 is 6.16. The summed E-state index contributed by atoms with van der Waals surface area (Å²) in [6.07, 6.45) is 3.37. The van der Waals surface area contributed by atoms with Crippen molar-refractivity contribution in [3.63, 3.8) is 0 Å². The smallest absolute Gasteiger partial charge is 0.151 e. The third-order valence-corrected chi connectivity index (χ3v) is 5.93. The van der Waals surface area contributed by atoms with Crippen molar-refractivity contribution in [2.24, 2.45) is 0 Å². The molecule has 0 bridgehead atoms. The highest BCUT2D eigenvalue weighted by Crippen LogP contribution is 2.50. The number of para-hydroxylation sites is 4. The van der Waals surface area contributed by atoms with Crippen molar-refractivity contribution in [1.29, 1.82) is 5.26 Å². The molecule has 1 aliphatic rings. The summed E-state index contributed by atoms with van der Waals surface area (Å²) in [5, 5.41) is 9.23. The number of nitrogens with zero attached hydrogens (tertiary/aromatic N) is 3. The van der Waals surface area contributed by atoms with Gasteiger partial charge in [0, 0.05) is 23.6 Å². The van der Waals surface area contributed by atoms with Gasteiger partial charge in [0.1, 0.15) is 6.07 Å². The van der Waals surface area contributed by atoms with Gasteiger partial charge < -0.3 is 9.64 Å². The molecule has 34 heavy (non-hydrogen) atoms. The van der Waals surface area contributed by atoms with E-state index in [1.807, 2.05) is 54.6 Å². The third kappa shape index (κ3) is 3.46. The van der Waals surface area contributed by atoms with Crippen molar-refractivity contribution in [3.8, 4) is 39.8 Å². The molecular formula is C30H19N3O. The number of anilines is 3. The number of fused-ring (bicyclic) bond motifs is 2. The fraction of sp³-hybridized carbons (Fsp3) is 0. The average molecular weight is 438 g/mol. The molecular weight excluding hydrogens is 418 g/mol. The maximum atomic E-state index is 9.23. The van der Waals surface area contributed by atoms with Crippen LogP contribution in [0.5, 0.6) is 11.5 Å². The number of rotatable bonds is 3. The number of pyridine rings is 1. The first-order valence-electron chi connectivity index (χ1n) is 11.0. The van der Waals surface area contributed by atoms with Gasteiger partial charge in [-0.2, -0.15) is 5.26 Å². The van der Waals surface area contributed by atoms with E-state index >= 15 is 0 Å². The minimum Gasteiger partial charge on any atom is -0.453 e.